The second-order valence-corrected chi connectivity index (χ2v) is 5.23. The zero-order valence-electron chi connectivity index (χ0n) is 13.4. The number of aryl methyl sites for hydroxylation is 2. The summed E-state index contributed by atoms with van der Waals surface area (Å²) in [5.41, 5.74) is 2.18. The van der Waals surface area contributed by atoms with Crippen molar-refractivity contribution in [2.24, 2.45) is 0 Å². The molecule has 122 valence electrons. The van der Waals surface area contributed by atoms with Gasteiger partial charge in [-0.1, -0.05) is 6.07 Å². The van der Waals surface area contributed by atoms with E-state index in [9.17, 15) is 9.59 Å². The van der Waals surface area contributed by atoms with Gasteiger partial charge in [-0.3, -0.25) is 0 Å². The average molecular weight is 325 g/mol. The minimum atomic E-state index is -0.629. The quantitative estimate of drug-likeness (QED) is 0.543. The largest absolute Gasteiger partial charge is 0.465 e. The lowest BCUT2D eigenvalue weighted by atomic mass is 10.1. The van der Waals surface area contributed by atoms with Crippen molar-refractivity contribution in [1.82, 2.24) is 14.6 Å². The molecule has 0 amide bonds. The minimum Gasteiger partial charge on any atom is -0.465 e. The topological polar surface area (TPSA) is 82.8 Å². The van der Waals surface area contributed by atoms with Gasteiger partial charge in [-0.05, 0) is 37.6 Å². The predicted molar refractivity (Wildman–Crippen MR) is 85.2 cm³/mol. The van der Waals surface area contributed by atoms with E-state index in [-0.39, 0.29) is 16.9 Å². The molecule has 0 saturated heterocycles. The number of hydrogen-bond donors (Lipinski definition) is 0. The van der Waals surface area contributed by atoms with E-state index in [1.54, 1.807) is 43.6 Å². The molecule has 1 aromatic carbocycles. The normalized spacial score (nSPS) is 10.6. The lowest BCUT2D eigenvalue weighted by Crippen LogP contribution is -2.13. The number of carbonyl (C=O) groups excluding carboxylic acids is 2. The molecule has 0 atom stereocenters. The molecule has 2 aromatic heterocycles. The van der Waals surface area contributed by atoms with E-state index in [2.05, 4.69) is 10.1 Å². The molecular formula is C17H15N3O4. The van der Waals surface area contributed by atoms with E-state index in [4.69, 9.17) is 9.47 Å². The van der Waals surface area contributed by atoms with E-state index in [1.807, 2.05) is 6.92 Å². The zero-order chi connectivity index (χ0) is 17.3. The van der Waals surface area contributed by atoms with Gasteiger partial charge in [-0.15, -0.1) is 0 Å². The second-order valence-electron chi connectivity index (χ2n) is 5.23. The summed E-state index contributed by atoms with van der Waals surface area (Å²) in [6.07, 6.45) is 3.26. The number of nitrogens with zero attached hydrogens (tertiary/aromatic N) is 3. The molecule has 0 spiro atoms. The van der Waals surface area contributed by atoms with Crippen LogP contribution in [0.15, 0.2) is 36.7 Å². The van der Waals surface area contributed by atoms with E-state index < -0.39 is 11.9 Å². The van der Waals surface area contributed by atoms with Crippen LogP contribution in [0, 0.1) is 13.8 Å². The first-order valence-electron chi connectivity index (χ1n) is 7.22. The molecule has 0 aliphatic heterocycles. The number of aromatic nitrogens is 3. The Labute approximate surface area is 137 Å². The number of carbonyl (C=O) groups is 2. The number of benzene rings is 1. The highest BCUT2D eigenvalue weighted by Gasteiger charge is 2.23. The Balaban J connectivity index is 2.01. The van der Waals surface area contributed by atoms with Gasteiger partial charge in [0.1, 0.15) is 16.9 Å². The minimum absolute atomic E-state index is 0.132. The number of methoxy groups -OCH3 is 1. The van der Waals surface area contributed by atoms with Crippen molar-refractivity contribution in [1.29, 1.82) is 0 Å². The number of ether oxygens (including phenoxy) is 2. The van der Waals surface area contributed by atoms with E-state index >= 15 is 0 Å². The summed E-state index contributed by atoms with van der Waals surface area (Å²) >= 11 is 0. The first kappa shape index (κ1) is 15.7. The standard InChI is InChI=1S/C17H15N3O4/c1-10-5-6-13(12(9-10)16(21)23-3)24-17(22)14-11(2)19-20-8-4-7-18-15(14)20/h4-9H,1-3H3. The van der Waals surface area contributed by atoms with Gasteiger partial charge in [-0.25, -0.2) is 19.1 Å². The first-order chi connectivity index (χ1) is 11.5. The van der Waals surface area contributed by atoms with Crippen LogP contribution in [0.5, 0.6) is 5.75 Å². The number of esters is 2. The summed E-state index contributed by atoms with van der Waals surface area (Å²) in [4.78, 5) is 28.6. The predicted octanol–water partition coefficient (Wildman–Crippen LogP) is 2.35. The molecule has 0 N–H and O–H groups in total. The van der Waals surface area contributed by atoms with E-state index in [0.29, 0.717) is 11.3 Å². The zero-order valence-corrected chi connectivity index (χ0v) is 13.4. The average Bonchev–Trinajstić information content (AvgIpc) is 2.91. The SMILES string of the molecule is COC(=O)c1cc(C)ccc1OC(=O)c1c(C)nn2cccnc12. The van der Waals surface area contributed by atoms with Crippen molar-refractivity contribution in [3.05, 3.63) is 59.0 Å². The summed E-state index contributed by atoms with van der Waals surface area (Å²) < 4.78 is 11.7. The fourth-order valence-corrected chi connectivity index (χ4v) is 2.39. The van der Waals surface area contributed by atoms with Crippen molar-refractivity contribution in [3.8, 4) is 5.75 Å². The summed E-state index contributed by atoms with van der Waals surface area (Å²) in [5.74, 6) is -1.07. The molecule has 0 unspecified atom stereocenters. The van der Waals surface area contributed by atoms with Crippen LogP contribution in [0.4, 0.5) is 0 Å². The molecular weight excluding hydrogens is 310 g/mol. The van der Waals surface area contributed by atoms with Gasteiger partial charge in [0.2, 0.25) is 0 Å². The van der Waals surface area contributed by atoms with E-state index in [1.165, 1.54) is 11.6 Å². The van der Waals surface area contributed by atoms with Crippen LogP contribution < -0.4 is 4.74 Å². The fourth-order valence-electron chi connectivity index (χ4n) is 2.39. The molecule has 3 aromatic rings. The molecule has 7 nitrogen and oxygen atoms in total. The highest BCUT2D eigenvalue weighted by molar-refractivity contribution is 6.00. The van der Waals surface area contributed by atoms with Crippen LogP contribution in [0.2, 0.25) is 0 Å². The Morgan fingerprint density at radius 3 is 2.71 bits per heavy atom. The maximum absolute atomic E-state index is 12.6. The molecule has 0 radical (unpaired) electrons. The van der Waals surface area contributed by atoms with Crippen molar-refractivity contribution >= 4 is 17.6 Å². The molecule has 7 heteroatoms. The van der Waals surface area contributed by atoms with Crippen LogP contribution in [0.25, 0.3) is 5.65 Å². The molecule has 0 fully saturated rings. The molecule has 0 aliphatic carbocycles. The van der Waals surface area contributed by atoms with Gasteiger partial charge in [0.25, 0.3) is 0 Å². The highest BCUT2D eigenvalue weighted by atomic mass is 16.5. The third-order valence-corrected chi connectivity index (χ3v) is 3.52. The van der Waals surface area contributed by atoms with Gasteiger partial charge < -0.3 is 9.47 Å². The molecule has 0 saturated carbocycles. The van der Waals surface area contributed by atoms with Crippen LogP contribution in [-0.2, 0) is 4.74 Å². The third kappa shape index (κ3) is 2.71. The number of fused-ring (bicyclic) bond motifs is 1. The monoisotopic (exact) mass is 325 g/mol. The summed E-state index contributed by atoms with van der Waals surface area (Å²) in [7, 11) is 1.27. The van der Waals surface area contributed by atoms with Crippen molar-refractivity contribution < 1.29 is 19.1 Å². The molecule has 2 heterocycles. The summed E-state index contributed by atoms with van der Waals surface area (Å²) in [6.45, 7) is 3.53. The molecule has 0 aliphatic rings. The Morgan fingerprint density at radius 1 is 1.17 bits per heavy atom. The second kappa shape index (κ2) is 6.11. The molecule has 0 bridgehead atoms. The van der Waals surface area contributed by atoms with Crippen molar-refractivity contribution in [2.75, 3.05) is 7.11 Å². The van der Waals surface area contributed by atoms with Gasteiger partial charge in [-0.2, -0.15) is 5.10 Å². The van der Waals surface area contributed by atoms with Gasteiger partial charge in [0.05, 0.1) is 12.8 Å². The Hall–Kier alpha value is -3.22. The fraction of sp³-hybridized carbons (Fsp3) is 0.176. The smallest absolute Gasteiger partial charge is 0.349 e. The Kier molecular flexibility index (Phi) is 3.99. The maximum Gasteiger partial charge on any atom is 0.349 e. The Bertz CT molecular complexity index is 946. The summed E-state index contributed by atoms with van der Waals surface area (Å²) in [5, 5.41) is 4.23. The molecule has 24 heavy (non-hydrogen) atoms. The maximum atomic E-state index is 12.6. The van der Waals surface area contributed by atoms with Crippen LogP contribution >= 0.6 is 0 Å². The van der Waals surface area contributed by atoms with E-state index in [0.717, 1.165) is 5.56 Å². The number of hydrogen-bond acceptors (Lipinski definition) is 6. The lowest BCUT2D eigenvalue weighted by molar-refractivity contribution is 0.0593. The molecule has 3 rings (SSSR count). The summed E-state index contributed by atoms with van der Waals surface area (Å²) in [6, 6.07) is 6.63. The number of rotatable bonds is 3. The first-order valence-corrected chi connectivity index (χ1v) is 7.22. The van der Waals surface area contributed by atoms with Crippen LogP contribution in [0.1, 0.15) is 32.0 Å². The Morgan fingerprint density at radius 2 is 1.96 bits per heavy atom. The van der Waals surface area contributed by atoms with Gasteiger partial charge in [0.15, 0.2) is 5.65 Å². The van der Waals surface area contributed by atoms with Crippen LogP contribution in [-0.4, -0.2) is 33.6 Å². The van der Waals surface area contributed by atoms with Gasteiger partial charge >= 0.3 is 11.9 Å². The lowest BCUT2D eigenvalue weighted by Gasteiger charge is -2.09. The van der Waals surface area contributed by atoms with Crippen molar-refractivity contribution in [3.63, 3.8) is 0 Å². The van der Waals surface area contributed by atoms with Gasteiger partial charge in [0, 0.05) is 12.4 Å². The van der Waals surface area contributed by atoms with Crippen LogP contribution in [0.3, 0.4) is 0 Å². The van der Waals surface area contributed by atoms with Crippen molar-refractivity contribution in [2.45, 2.75) is 13.8 Å². The highest BCUT2D eigenvalue weighted by Crippen LogP contribution is 2.23. The third-order valence-electron chi connectivity index (χ3n) is 3.52.